The summed E-state index contributed by atoms with van der Waals surface area (Å²) >= 11 is 2.05. The van der Waals surface area contributed by atoms with Gasteiger partial charge in [0.05, 0.1) is 6.10 Å². The van der Waals surface area contributed by atoms with Gasteiger partial charge in [-0.15, -0.1) is 0 Å². The number of nitrogens with one attached hydrogen (secondary N) is 1. The van der Waals surface area contributed by atoms with Gasteiger partial charge in [0.25, 0.3) is 0 Å². The highest BCUT2D eigenvalue weighted by Crippen LogP contribution is 2.28. The van der Waals surface area contributed by atoms with E-state index in [9.17, 15) is 5.11 Å². The number of hydrogen-bond donors (Lipinski definition) is 2. The number of rotatable bonds is 2. The van der Waals surface area contributed by atoms with Crippen molar-refractivity contribution in [3.05, 3.63) is 0 Å². The van der Waals surface area contributed by atoms with Gasteiger partial charge in [-0.05, 0) is 25.0 Å². The Morgan fingerprint density at radius 1 is 1.14 bits per heavy atom. The third kappa shape index (κ3) is 2.44. The van der Waals surface area contributed by atoms with Crippen LogP contribution < -0.4 is 5.32 Å². The molecule has 4 atom stereocenters. The van der Waals surface area contributed by atoms with Gasteiger partial charge < -0.3 is 10.4 Å². The minimum absolute atomic E-state index is 0.0958. The van der Waals surface area contributed by atoms with Gasteiger partial charge in [-0.1, -0.05) is 19.8 Å². The van der Waals surface area contributed by atoms with E-state index in [1.54, 1.807) is 0 Å². The van der Waals surface area contributed by atoms with Crippen LogP contribution in [0.2, 0.25) is 0 Å². The molecule has 1 saturated carbocycles. The molecule has 3 heteroatoms. The molecule has 0 radical (unpaired) electrons. The van der Waals surface area contributed by atoms with Crippen LogP contribution in [0, 0.1) is 0 Å². The van der Waals surface area contributed by atoms with E-state index in [2.05, 4.69) is 24.0 Å². The summed E-state index contributed by atoms with van der Waals surface area (Å²) in [5.41, 5.74) is 0. The summed E-state index contributed by atoms with van der Waals surface area (Å²) in [7, 11) is 0. The molecule has 2 fully saturated rings. The van der Waals surface area contributed by atoms with Gasteiger partial charge in [0, 0.05) is 17.3 Å². The fourth-order valence-corrected chi connectivity index (χ4v) is 3.74. The third-order valence-electron chi connectivity index (χ3n) is 3.53. The smallest absolute Gasteiger partial charge is 0.0693 e. The molecule has 1 saturated heterocycles. The maximum Gasteiger partial charge on any atom is 0.0693 e. The Labute approximate surface area is 90.8 Å². The highest BCUT2D eigenvalue weighted by molar-refractivity contribution is 8.00. The Balaban J connectivity index is 1.83. The zero-order chi connectivity index (χ0) is 9.97. The van der Waals surface area contributed by atoms with Crippen molar-refractivity contribution in [1.29, 1.82) is 0 Å². The van der Waals surface area contributed by atoms with Crippen LogP contribution in [0.5, 0.6) is 0 Å². The zero-order valence-electron chi connectivity index (χ0n) is 8.91. The van der Waals surface area contributed by atoms with Crippen LogP contribution >= 0.6 is 11.8 Å². The summed E-state index contributed by atoms with van der Waals surface area (Å²) in [6.07, 6.45) is 5.81. The molecule has 0 spiro atoms. The van der Waals surface area contributed by atoms with E-state index in [0.29, 0.717) is 12.1 Å². The van der Waals surface area contributed by atoms with Crippen molar-refractivity contribution in [2.45, 2.75) is 62.5 Å². The van der Waals surface area contributed by atoms with E-state index in [1.165, 1.54) is 25.0 Å². The summed E-state index contributed by atoms with van der Waals surface area (Å²) in [5, 5.41) is 14.2. The Hall–Kier alpha value is 0.270. The molecule has 82 valence electrons. The SMILES string of the molecule is CC1SCCC1NC1CCCCC1O. The Kier molecular flexibility index (Phi) is 3.74. The molecule has 0 bridgehead atoms. The largest absolute Gasteiger partial charge is 0.392 e. The monoisotopic (exact) mass is 215 g/mol. The van der Waals surface area contributed by atoms with Crippen molar-refractivity contribution in [3.8, 4) is 0 Å². The first kappa shape index (κ1) is 10.8. The van der Waals surface area contributed by atoms with Crippen molar-refractivity contribution in [2.75, 3.05) is 5.75 Å². The maximum absolute atomic E-state index is 9.85. The number of aliphatic hydroxyl groups is 1. The lowest BCUT2D eigenvalue weighted by Crippen LogP contribution is -2.48. The molecule has 1 aliphatic carbocycles. The second-order valence-electron chi connectivity index (χ2n) is 4.60. The van der Waals surface area contributed by atoms with Crippen molar-refractivity contribution in [1.82, 2.24) is 5.32 Å². The lowest BCUT2D eigenvalue weighted by atomic mass is 9.91. The van der Waals surface area contributed by atoms with E-state index in [1.807, 2.05) is 0 Å². The van der Waals surface area contributed by atoms with Crippen molar-refractivity contribution < 1.29 is 5.11 Å². The molecule has 1 heterocycles. The Bertz CT molecular complexity index is 188. The van der Waals surface area contributed by atoms with Gasteiger partial charge in [0.2, 0.25) is 0 Å². The van der Waals surface area contributed by atoms with E-state index < -0.39 is 0 Å². The standard InChI is InChI=1S/C11H21NOS/c1-8-9(6-7-14-8)12-10-4-2-3-5-11(10)13/h8-13H,2-7H2,1H3. The predicted molar refractivity (Wildman–Crippen MR) is 61.7 cm³/mol. The molecule has 14 heavy (non-hydrogen) atoms. The lowest BCUT2D eigenvalue weighted by molar-refractivity contribution is 0.0851. The normalized spacial score (nSPS) is 44.1. The van der Waals surface area contributed by atoms with Gasteiger partial charge in [0.1, 0.15) is 0 Å². The molecule has 2 nitrogen and oxygen atoms in total. The van der Waals surface area contributed by atoms with Crippen LogP contribution in [0.4, 0.5) is 0 Å². The number of aliphatic hydroxyl groups excluding tert-OH is 1. The summed E-state index contributed by atoms with van der Waals surface area (Å²) in [4.78, 5) is 0. The molecule has 4 unspecified atom stereocenters. The molecular formula is C11H21NOS. The van der Waals surface area contributed by atoms with E-state index in [-0.39, 0.29) is 6.10 Å². The topological polar surface area (TPSA) is 32.3 Å². The second-order valence-corrected chi connectivity index (χ2v) is 6.08. The molecule has 0 aromatic heterocycles. The first-order valence-corrected chi connectivity index (χ1v) is 6.88. The summed E-state index contributed by atoms with van der Waals surface area (Å²) in [6, 6.07) is 1.01. The molecule has 2 rings (SSSR count). The van der Waals surface area contributed by atoms with Crippen molar-refractivity contribution >= 4 is 11.8 Å². The van der Waals surface area contributed by atoms with Gasteiger partial charge in [0.15, 0.2) is 0 Å². The average Bonchev–Trinajstić information content (AvgIpc) is 2.56. The lowest BCUT2D eigenvalue weighted by Gasteiger charge is -2.32. The number of hydrogen-bond acceptors (Lipinski definition) is 3. The summed E-state index contributed by atoms with van der Waals surface area (Å²) < 4.78 is 0. The highest BCUT2D eigenvalue weighted by Gasteiger charge is 2.30. The van der Waals surface area contributed by atoms with Crippen LogP contribution in [0.3, 0.4) is 0 Å². The van der Waals surface area contributed by atoms with Crippen molar-refractivity contribution in [2.24, 2.45) is 0 Å². The Morgan fingerprint density at radius 3 is 2.57 bits per heavy atom. The van der Waals surface area contributed by atoms with Crippen LogP contribution in [0.1, 0.15) is 39.0 Å². The van der Waals surface area contributed by atoms with Crippen LogP contribution in [-0.4, -0.2) is 34.3 Å². The van der Waals surface area contributed by atoms with Gasteiger partial charge in [-0.2, -0.15) is 11.8 Å². The van der Waals surface area contributed by atoms with E-state index >= 15 is 0 Å². The molecule has 0 aromatic carbocycles. The van der Waals surface area contributed by atoms with Gasteiger partial charge in [-0.3, -0.25) is 0 Å². The molecule has 0 amide bonds. The van der Waals surface area contributed by atoms with E-state index in [4.69, 9.17) is 0 Å². The van der Waals surface area contributed by atoms with Crippen molar-refractivity contribution in [3.63, 3.8) is 0 Å². The second kappa shape index (κ2) is 4.86. The third-order valence-corrected chi connectivity index (χ3v) is 4.86. The fourth-order valence-electron chi connectivity index (χ4n) is 2.53. The minimum atomic E-state index is -0.0958. The first-order chi connectivity index (χ1) is 6.77. The van der Waals surface area contributed by atoms with Crippen LogP contribution in [-0.2, 0) is 0 Å². The minimum Gasteiger partial charge on any atom is -0.392 e. The molecule has 2 N–H and O–H groups in total. The molecular weight excluding hydrogens is 194 g/mol. The summed E-state index contributed by atoms with van der Waals surface area (Å²) in [5.74, 6) is 1.28. The predicted octanol–water partition coefficient (Wildman–Crippen LogP) is 1.77. The highest BCUT2D eigenvalue weighted by atomic mass is 32.2. The maximum atomic E-state index is 9.85. The first-order valence-electron chi connectivity index (χ1n) is 5.83. The zero-order valence-corrected chi connectivity index (χ0v) is 9.72. The van der Waals surface area contributed by atoms with Gasteiger partial charge >= 0.3 is 0 Å². The van der Waals surface area contributed by atoms with E-state index in [0.717, 1.165) is 18.1 Å². The Morgan fingerprint density at radius 2 is 1.93 bits per heavy atom. The van der Waals surface area contributed by atoms with Crippen LogP contribution in [0.25, 0.3) is 0 Å². The molecule has 1 aliphatic heterocycles. The molecule has 2 aliphatic rings. The number of thioether (sulfide) groups is 1. The van der Waals surface area contributed by atoms with Crippen LogP contribution in [0.15, 0.2) is 0 Å². The van der Waals surface area contributed by atoms with Gasteiger partial charge in [-0.25, -0.2) is 0 Å². The quantitative estimate of drug-likeness (QED) is 0.736. The summed E-state index contributed by atoms with van der Waals surface area (Å²) in [6.45, 7) is 2.30. The average molecular weight is 215 g/mol. The fraction of sp³-hybridized carbons (Fsp3) is 1.00. The molecule has 0 aromatic rings.